The van der Waals surface area contributed by atoms with Crippen LogP contribution in [0.5, 0.6) is 0 Å². The van der Waals surface area contributed by atoms with Crippen LogP contribution >= 0.6 is 0 Å². The zero-order valence-electron chi connectivity index (χ0n) is 20.8. The molecule has 1 unspecified atom stereocenters. The molecular formula is C23H38GdN5O8-. The number of ether oxygens (including phenoxy) is 2. The first-order valence-electron chi connectivity index (χ1n) is 11.8. The van der Waals surface area contributed by atoms with Crippen molar-refractivity contribution in [2.45, 2.75) is 12.5 Å². The van der Waals surface area contributed by atoms with Crippen LogP contribution in [0.1, 0.15) is 5.56 Å². The van der Waals surface area contributed by atoms with Crippen molar-refractivity contribution in [1.82, 2.24) is 19.6 Å². The molecule has 1 aliphatic rings. The number of carbonyl (C=O) groups is 2. The number of aliphatic hydroxyl groups excluding tert-OH is 1. The molecule has 1 heterocycles. The Morgan fingerprint density at radius 3 is 2.32 bits per heavy atom. The van der Waals surface area contributed by atoms with Gasteiger partial charge in [-0.25, -0.2) is 0 Å². The summed E-state index contributed by atoms with van der Waals surface area (Å²) in [6, 6.07) is 7.26. The van der Waals surface area contributed by atoms with Crippen molar-refractivity contribution in [3.63, 3.8) is 0 Å². The summed E-state index contributed by atoms with van der Waals surface area (Å²) in [6.07, 6.45) is 0.564. The smallest absolute Gasteiger partial charge is 0.317 e. The summed E-state index contributed by atoms with van der Waals surface area (Å²) in [5.74, 6) is -0.941. The van der Waals surface area contributed by atoms with E-state index >= 15 is 0 Å². The second kappa shape index (κ2) is 19.9. The average molecular weight is 670 g/mol. The first-order valence-corrected chi connectivity index (χ1v) is 11.8. The minimum atomic E-state index is -0.941. The van der Waals surface area contributed by atoms with Crippen LogP contribution in [0.3, 0.4) is 0 Å². The molecule has 0 bridgehead atoms. The summed E-state index contributed by atoms with van der Waals surface area (Å²) < 4.78 is 10.3. The molecule has 5 N–H and O–H groups in total. The minimum Gasteiger partial charge on any atom is -0.480 e. The third-order valence-electron chi connectivity index (χ3n) is 6.04. The second-order valence-corrected chi connectivity index (χ2v) is 8.59. The van der Waals surface area contributed by atoms with Gasteiger partial charge in [0.25, 0.3) is 6.47 Å². The minimum absolute atomic E-state index is 0. The number of aliphatic hydroxyl groups is 1. The zero-order chi connectivity index (χ0) is 26.2. The van der Waals surface area contributed by atoms with E-state index < -0.39 is 12.8 Å². The van der Waals surface area contributed by atoms with Crippen molar-refractivity contribution in [3.8, 4) is 0 Å². The Balaban J connectivity index is 0.00000684. The maximum atomic E-state index is 11.8. The van der Waals surface area contributed by atoms with Crippen molar-refractivity contribution < 1.29 is 79.4 Å². The quantitative estimate of drug-likeness (QED) is 0.0516. The molecule has 1 fully saturated rings. The second-order valence-electron chi connectivity index (χ2n) is 8.59. The fourth-order valence-electron chi connectivity index (χ4n) is 4.12. The Labute approximate surface area is 249 Å². The number of carboxylic acid groups (broad SMARTS) is 1. The van der Waals surface area contributed by atoms with Gasteiger partial charge in [0.05, 0.1) is 6.54 Å². The Morgan fingerprint density at radius 1 is 1.05 bits per heavy atom. The molecule has 0 saturated carbocycles. The number of anilines is 1. The van der Waals surface area contributed by atoms with Gasteiger partial charge in [-0.05, 0) is 24.1 Å². The molecule has 0 amide bonds. The van der Waals surface area contributed by atoms with Crippen LogP contribution < -0.4 is 5.73 Å². The monoisotopic (exact) mass is 670 g/mol. The van der Waals surface area contributed by atoms with E-state index in [1.807, 2.05) is 43.9 Å². The Bertz CT molecular complexity index is 763. The molecular weight excluding hydrogens is 632 g/mol. The van der Waals surface area contributed by atoms with Crippen molar-refractivity contribution in [2.24, 2.45) is 0 Å². The van der Waals surface area contributed by atoms with Gasteiger partial charge < -0.3 is 35.2 Å². The molecule has 14 heteroatoms. The van der Waals surface area contributed by atoms with Crippen LogP contribution in [0.4, 0.5) is 5.69 Å². The fourth-order valence-corrected chi connectivity index (χ4v) is 4.12. The molecule has 0 radical (unpaired) electrons. The van der Waals surface area contributed by atoms with Crippen LogP contribution in [-0.2, 0) is 30.4 Å². The van der Waals surface area contributed by atoms with E-state index in [0.717, 1.165) is 5.56 Å². The molecule has 2 rings (SSSR count). The molecule has 0 spiro atoms. The molecule has 0 aliphatic carbocycles. The van der Waals surface area contributed by atoms with Crippen molar-refractivity contribution in [3.05, 3.63) is 36.4 Å². The molecule has 1 atom stereocenters. The standard InChI is InChI=1S/C23H38N5O8.Gd/c24-21-3-1-20(2-4-21)13-22-14-27(17-35-19-30)8-7-26(16-34-18-29)6-5-25(11-12-36-33)9-10-28(22)15-23(31)32;/h1-4,12,19,22,29,33H,5-11,13-18,24H2,(H,31,32);/q-1;. The topological polar surface area (TPSA) is 162 Å². The number of rotatable bonds is 13. The number of nitrogens with zero attached hydrogens (tertiary/aromatic N) is 4. The van der Waals surface area contributed by atoms with Gasteiger partial charge in [-0.3, -0.25) is 29.5 Å². The van der Waals surface area contributed by atoms with Gasteiger partial charge in [0.2, 0.25) is 0 Å². The Hall–Kier alpha value is -1.04. The predicted octanol–water partition coefficient (Wildman–Crippen LogP) is -0.808. The summed E-state index contributed by atoms with van der Waals surface area (Å²) in [4.78, 5) is 34.8. The van der Waals surface area contributed by atoms with E-state index in [4.69, 9.17) is 25.6 Å². The molecule has 212 valence electrons. The third-order valence-corrected chi connectivity index (χ3v) is 6.04. The average Bonchev–Trinajstić information content (AvgIpc) is 2.86. The van der Waals surface area contributed by atoms with Gasteiger partial charge in [0.15, 0.2) is 0 Å². The maximum absolute atomic E-state index is 11.8. The van der Waals surface area contributed by atoms with E-state index in [1.165, 1.54) is 6.61 Å². The van der Waals surface area contributed by atoms with Gasteiger partial charge >= 0.3 is 5.97 Å². The summed E-state index contributed by atoms with van der Waals surface area (Å²) in [5.41, 5.74) is 7.48. The molecule has 1 aliphatic heterocycles. The van der Waals surface area contributed by atoms with Crippen molar-refractivity contribution in [1.29, 1.82) is 0 Å². The molecule has 13 nitrogen and oxygen atoms in total. The molecule has 0 aromatic heterocycles. The van der Waals surface area contributed by atoms with Crippen LogP contribution in [0.2, 0.25) is 0 Å². The number of nitrogen functional groups attached to an aromatic ring is 1. The number of nitrogens with two attached hydrogens (primary N) is 1. The van der Waals surface area contributed by atoms with E-state index in [9.17, 15) is 14.7 Å². The van der Waals surface area contributed by atoms with E-state index in [1.54, 1.807) is 0 Å². The van der Waals surface area contributed by atoms with E-state index in [0.29, 0.717) is 70.9 Å². The fraction of sp³-hybridized carbons (Fsp3) is 0.609. The number of aliphatic carboxylic acids is 1. The molecule has 37 heavy (non-hydrogen) atoms. The van der Waals surface area contributed by atoms with Gasteiger partial charge in [-0.15, -0.1) is 6.54 Å². The van der Waals surface area contributed by atoms with Crippen molar-refractivity contribution >= 4 is 18.1 Å². The van der Waals surface area contributed by atoms with Crippen molar-refractivity contribution in [2.75, 3.05) is 84.9 Å². The van der Waals surface area contributed by atoms with E-state index in [-0.39, 0.29) is 66.0 Å². The van der Waals surface area contributed by atoms with Crippen LogP contribution in [-0.4, -0.2) is 133 Å². The summed E-state index contributed by atoms with van der Waals surface area (Å²) in [6.45, 7) is 5.39. The number of hydrogen-bond donors (Lipinski definition) is 4. The largest absolute Gasteiger partial charge is 0.480 e. The first-order chi connectivity index (χ1) is 17.4. The maximum Gasteiger partial charge on any atom is 0.317 e. The SMILES string of the molecule is Nc1ccc(CC2CN(COC=O)CCN(COCO)CCN(C[CH-]OO)CCN2CC(=O)O)cc1.[Gd]. The summed E-state index contributed by atoms with van der Waals surface area (Å²) >= 11 is 0. The predicted molar refractivity (Wildman–Crippen MR) is 130 cm³/mol. The third kappa shape index (κ3) is 14.1. The first kappa shape index (κ1) is 34.0. The Kier molecular flexibility index (Phi) is 18.3. The van der Waals surface area contributed by atoms with Gasteiger partial charge in [-0.2, -0.15) is 6.61 Å². The molecule has 1 aromatic carbocycles. The summed E-state index contributed by atoms with van der Waals surface area (Å²) in [7, 11) is 0. The number of carboxylic acids is 1. The van der Waals surface area contributed by atoms with Crippen LogP contribution in [0.15, 0.2) is 24.3 Å². The van der Waals surface area contributed by atoms with Gasteiger partial charge in [-0.1, -0.05) is 12.1 Å². The van der Waals surface area contributed by atoms with Gasteiger partial charge in [0, 0.05) is 97.5 Å². The van der Waals surface area contributed by atoms with Crippen LogP contribution in [0, 0.1) is 46.5 Å². The molecule has 1 aromatic rings. The van der Waals surface area contributed by atoms with E-state index in [2.05, 4.69) is 4.89 Å². The van der Waals surface area contributed by atoms with Gasteiger partial charge in [0.1, 0.15) is 20.3 Å². The number of carbonyl (C=O) groups excluding carboxylic acids is 1. The summed E-state index contributed by atoms with van der Waals surface area (Å²) in [5, 5.41) is 27.5. The zero-order valence-corrected chi connectivity index (χ0v) is 23.1. The molecule has 1 saturated heterocycles. The number of hydrogen-bond acceptors (Lipinski definition) is 12. The normalized spacial score (nSPS) is 19.4. The number of benzene rings is 1. The Morgan fingerprint density at radius 2 is 1.70 bits per heavy atom. The van der Waals surface area contributed by atoms with Crippen LogP contribution in [0.25, 0.3) is 0 Å².